The Bertz CT molecular complexity index is 641. The minimum Gasteiger partial charge on any atom is -0.494 e. The first kappa shape index (κ1) is 13.2. The number of methoxy groups -OCH3 is 2. The average Bonchev–Trinajstić information content (AvgIpc) is 3.00. The molecule has 20 heavy (non-hydrogen) atoms. The van der Waals surface area contributed by atoms with Gasteiger partial charge in [-0.15, -0.1) is 0 Å². The number of ether oxygens (including phenoxy) is 2. The summed E-state index contributed by atoms with van der Waals surface area (Å²) in [5.74, 6) is 0.195. The molecule has 3 rings (SSSR count). The number of imidazole rings is 1. The maximum atomic E-state index is 13.7. The van der Waals surface area contributed by atoms with E-state index < -0.39 is 5.82 Å². The molecular weight excluding hydrogens is 261 g/mol. The second-order valence-electron chi connectivity index (χ2n) is 5.14. The van der Waals surface area contributed by atoms with Gasteiger partial charge in [-0.05, 0) is 19.3 Å². The molecule has 0 saturated heterocycles. The van der Waals surface area contributed by atoms with E-state index in [-0.39, 0.29) is 17.9 Å². The molecule has 0 spiro atoms. The lowest BCUT2D eigenvalue weighted by Gasteiger charge is -2.15. The van der Waals surface area contributed by atoms with Crippen molar-refractivity contribution < 1.29 is 13.9 Å². The van der Waals surface area contributed by atoms with Crippen LogP contribution in [0.2, 0.25) is 0 Å². The molecule has 0 radical (unpaired) electrons. The number of anilines is 1. The summed E-state index contributed by atoms with van der Waals surface area (Å²) < 4.78 is 26.1. The highest BCUT2D eigenvalue weighted by atomic mass is 19.1. The SMILES string of the molecule is COc1cc2c(cc1F)nc(N)n2C1CCC(OC)C1. The van der Waals surface area contributed by atoms with Crippen LogP contribution in [0.25, 0.3) is 11.0 Å². The van der Waals surface area contributed by atoms with Gasteiger partial charge in [-0.2, -0.15) is 0 Å². The molecule has 1 aromatic heterocycles. The van der Waals surface area contributed by atoms with Gasteiger partial charge in [0.15, 0.2) is 11.6 Å². The number of nitrogens with zero attached hydrogens (tertiary/aromatic N) is 2. The lowest BCUT2D eigenvalue weighted by molar-refractivity contribution is 0.106. The highest BCUT2D eigenvalue weighted by Crippen LogP contribution is 2.37. The van der Waals surface area contributed by atoms with Gasteiger partial charge >= 0.3 is 0 Å². The van der Waals surface area contributed by atoms with Crippen molar-refractivity contribution in [1.29, 1.82) is 0 Å². The maximum Gasteiger partial charge on any atom is 0.201 e. The van der Waals surface area contributed by atoms with E-state index in [1.807, 2.05) is 4.57 Å². The van der Waals surface area contributed by atoms with Crippen LogP contribution in [-0.4, -0.2) is 29.9 Å². The molecule has 0 aliphatic heterocycles. The predicted molar refractivity (Wildman–Crippen MR) is 74.3 cm³/mol. The van der Waals surface area contributed by atoms with E-state index in [9.17, 15) is 4.39 Å². The third-order valence-corrected chi connectivity index (χ3v) is 4.05. The van der Waals surface area contributed by atoms with Crippen LogP contribution in [-0.2, 0) is 4.74 Å². The Balaban J connectivity index is 2.08. The largest absolute Gasteiger partial charge is 0.494 e. The Morgan fingerprint density at radius 2 is 2.15 bits per heavy atom. The number of hydrogen-bond donors (Lipinski definition) is 1. The molecule has 2 unspecified atom stereocenters. The van der Waals surface area contributed by atoms with Gasteiger partial charge in [0.2, 0.25) is 5.95 Å². The molecule has 1 heterocycles. The molecular formula is C14H18FN3O2. The van der Waals surface area contributed by atoms with Crippen molar-refractivity contribution in [2.24, 2.45) is 0 Å². The Morgan fingerprint density at radius 3 is 2.80 bits per heavy atom. The Hall–Kier alpha value is -1.82. The molecule has 0 bridgehead atoms. The summed E-state index contributed by atoms with van der Waals surface area (Å²) in [6, 6.07) is 3.26. The first-order valence-electron chi connectivity index (χ1n) is 6.67. The second kappa shape index (κ2) is 4.94. The third kappa shape index (κ3) is 2.00. The van der Waals surface area contributed by atoms with Crippen LogP contribution >= 0.6 is 0 Å². The predicted octanol–water partition coefficient (Wildman–Crippen LogP) is 2.51. The first-order valence-corrected chi connectivity index (χ1v) is 6.67. The number of nitrogen functional groups attached to an aromatic ring is 1. The first-order chi connectivity index (χ1) is 9.63. The molecule has 0 amide bonds. The number of halogens is 1. The molecule has 1 aromatic carbocycles. The topological polar surface area (TPSA) is 62.3 Å². The number of rotatable bonds is 3. The smallest absolute Gasteiger partial charge is 0.201 e. The molecule has 1 fully saturated rings. The van der Waals surface area contributed by atoms with Crippen LogP contribution < -0.4 is 10.5 Å². The van der Waals surface area contributed by atoms with Gasteiger partial charge in [0.05, 0.1) is 24.2 Å². The second-order valence-corrected chi connectivity index (χ2v) is 5.14. The lowest BCUT2D eigenvalue weighted by Crippen LogP contribution is -2.11. The van der Waals surface area contributed by atoms with E-state index in [0.717, 1.165) is 24.8 Å². The number of benzene rings is 1. The molecule has 6 heteroatoms. The molecule has 1 aliphatic rings. The van der Waals surface area contributed by atoms with Gasteiger partial charge < -0.3 is 19.8 Å². The van der Waals surface area contributed by atoms with Crippen molar-refractivity contribution in [1.82, 2.24) is 9.55 Å². The minimum absolute atomic E-state index is 0.208. The highest BCUT2D eigenvalue weighted by molar-refractivity contribution is 5.80. The number of fused-ring (bicyclic) bond motifs is 1. The zero-order valence-electron chi connectivity index (χ0n) is 11.6. The molecule has 2 atom stereocenters. The van der Waals surface area contributed by atoms with Crippen LogP contribution in [0.4, 0.5) is 10.3 Å². The van der Waals surface area contributed by atoms with E-state index >= 15 is 0 Å². The van der Waals surface area contributed by atoms with E-state index in [4.69, 9.17) is 15.2 Å². The number of hydrogen-bond acceptors (Lipinski definition) is 4. The van der Waals surface area contributed by atoms with Crippen molar-refractivity contribution >= 4 is 17.0 Å². The molecule has 108 valence electrons. The van der Waals surface area contributed by atoms with Gasteiger partial charge in [0.25, 0.3) is 0 Å². The summed E-state index contributed by atoms with van der Waals surface area (Å²) in [5.41, 5.74) is 7.37. The fraction of sp³-hybridized carbons (Fsp3) is 0.500. The Labute approximate surface area is 116 Å². The van der Waals surface area contributed by atoms with Crippen LogP contribution in [0.15, 0.2) is 12.1 Å². The van der Waals surface area contributed by atoms with Gasteiger partial charge in [0, 0.05) is 25.3 Å². The summed E-state index contributed by atoms with van der Waals surface area (Å²) in [7, 11) is 3.17. The van der Waals surface area contributed by atoms with Crippen molar-refractivity contribution in [3.8, 4) is 5.75 Å². The number of nitrogens with two attached hydrogens (primary N) is 1. The lowest BCUT2D eigenvalue weighted by atomic mass is 10.2. The number of aromatic nitrogens is 2. The van der Waals surface area contributed by atoms with E-state index in [2.05, 4.69) is 4.98 Å². The molecule has 1 saturated carbocycles. The van der Waals surface area contributed by atoms with Gasteiger partial charge in [0.1, 0.15) is 0 Å². The normalized spacial score (nSPS) is 22.6. The van der Waals surface area contributed by atoms with Crippen LogP contribution in [0.5, 0.6) is 5.75 Å². The van der Waals surface area contributed by atoms with Crippen LogP contribution in [0.3, 0.4) is 0 Å². The van der Waals surface area contributed by atoms with Crippen molar-refractivity contribution in [2.75, 3.05) is 20.0 Å². The minimum atomic E-state index is -0.425. The molecule has 1 aliphatic carbocycles. The average molecular weight is 279 g/mol. The van der Waals surface area contributed by atoms with E-state index in [1.165, 1.54) is 13.2 Å². The zero-order chi connectivity index (χ0) is 14.3. The van der Waals surface area contributed by atoms with E-state index in [0.29, 0.717) is 11.5 Å². The Kier molecular flexibility index (Phi) is 3.25. The van der Waals surface area contributed by atoms with Gasteiger partial charge in [-0.25, -0.2) is 9.37 Å². The summed E-state index contributed by atoms with van der Waals surface area (Å²) in [6.45, 7) is 0. The highest BCUT2D eigenvalue weighted by Gasteiger charge is 2.28. The standard InChI is InChI=1S/C14H18FN3O2/c1-19-9-4-3-8(5-9)18-12-7-13(20-2)10(15)6-11(12)17-14(18)16/h6-9H,3-5H2,1-2H3,(H2,16,17). The van der Waals surface area contributed by atoms with Crippen LogP contribution in [0, 0.1) is 5.82 Å². The molecule has 5 nitrogen and oxygen atoms in total. The summed E-state index contributed by atoms with van der Waals surface area (Å²) in [6.07, 6.45) is 3.12. The van der Waals surface area contributed by atoms with Crippen molar-refractivity contribution in [3.63, 3.8) is 0 Å². The van der Waals surface area contributed by atoms with Crippen LogP contribution in [0.1, 0.15) is 25.3 Å². The van der Waals surface area contributed by atoms with Gasteiger partial charge in [-0.3, -0.25) is 0 Å². The monoisotopic (exact) mass is 279 g/mol. The molecule has 2 N–H and O–H groups in total. The van der Waals surface area contributed by atoms with Crippen molar-refractivity contribution in [3.05, 3.63) is 17.9 Å². The summed E-state index contributed by atoms with van der Waals surface area (Å²) >= 11 is 0. The third-order valence-electron chi connectivity index (χ3n) is 4.05. The maximum absolute atomic E-state index is 13.7. The summed E-state index contributed by atoms with van der Waals surface area (Å²) in [4.78, 5) is 4.25. The van der Waals surface area contributed by atoms with Crippen molar-refractivity contribution in [2.45, 2.75) is 31.4 Å². The quantitative estimate of drug-likeness (QED) is 0.937. The summed E-state index contributed by atoms with van der Waals surface area (Å²) in [5, 5.41) is 0. The van der Waals surface area contributed by atoms with Gasteiger partial charge in [-0.1, -0.05) is 0 Å². The molecule has 2 aromatic rings. The fourth-order valence-electron chi connectivity index (χ4n) is 3.02. The van der Waals surface area contributed by atoms with E-state index in [1.54, 1.807) is 13.2 Å². The zero-order valence-corrected chi connectivity index (χ0v) is 11.6. The fourth-order valence-corrected chi connectivity index (χ4v) is 3.02. The Morgan fingerprint density at radius 1 is 1.35 bits per heavy atom.